The summed E-state index contributed by atoms with van der Waals surface area (Å²) in [5, 5.41) is 3.00. The monoisotopic (exact) mass is 365 g/mol. The molecule has 1 aromatic heterocycles. The van der Waals surface area contributed by atoms with Crippen LogP contribution in [0.4, 0.5) is 5.95 Å². The maximum Gasteiger partial charge on any atom is 0.226 e. The molecule has 2 aromatic carbocycles. The summed E-state index contributed by atoms with van der Waals surface area (Å²) in [6.45, 7) is 4.18. The molecule has 0 aliphatic rings. The van der Waals surface area contributed by atoms with Gasteiger partial charge < -0.3 is 9.30 Å². The Hall–Kier alpha value is -2.66. The van der Waals surface area contributed by atoms with Crippen LogP contribution in [0, 0.1) is 0 Å². The van der Waals surface area contributed by atoms with Crippen LogP contribution in [0.1, 0.15) is 31.7 Å². The van der Waals surface area contributed by atoms with Crippen molar-refractivity contribution < 1.29 is 9.53 Å². The van der Waals surface area contributed by atoms with Crippen molar-refractivity contribution in [3.63, 3.8) is 0 Å². The second kappa shape index (κ2) is 9.88. The Balaban J connectivity index is 1.61. The largest absolute Gasteiger partial charge is 0.382 e. The highest BCUT2D eigenvalue weighted by Crippen LogP contribution is 2.20. The molecule has 0 aliphatic carbocycles. The zero-order chi connectivity index (χ0) is 18.9. The summed E-state index contributed by atoms with van der Waals surface area (Å²) in [5.41, 5.74) is 3.19. The fraction of sp³-hybridized carbons (Fsp3) is 0.364. The number of benzene rings is 2. The molecule has 0 saturated carbocycles. The van der Waals surface area contributed by atoms with E-state index in [0.717, 1.165) is 43.4 Å². The number of aryl methyl sites for hydroxylation is 2. The van der Waals surface area contributed by atoms with Crippen molar-refractivity contribution in [2.24, 2.45) is 0 Å². The van der Waals surface area contributed by atoms with E-state index in [-0.39, 0.29) is 5.91 Å². The summed E-state index contributed by atoms with van der Waals surface area (Å²) in [6, 6.07) is 18.2. The number of fused-ring (bicyclic) bond motifs is 1. The first-order valence-electron chi connectivity index (χ1n) is 9.64. The molecule has 27 heavy (non-hydrogen) atoms. The molecule has 1 N–H and O–H groups in total. The number of ether oxygens (including phenoxy) is 1. The number of carbonyl (C=O) groups is 1. The van der Waals surface area contributed by atoms with Gasteiger partial charge >= 0.3 is 0 Å². The van der Waals surface area contributed by atoms with Gasteiger partial charge in [-0.2, -0.15) is 0 Å². The lowest BCUT2D eigenvalue weighted by Crippen LogP contribution is -2.16. The average Bonchev–Trinajstić information content (AvgIpc) is 3.03. The van der Waals surface area contributed by atoms with Crippen molar-refractivity contribution in [2.45, 2.75) is 39.2 Å². The molecular weight excluding hydrogens is 338 g/mol. The fourth-order valence-corrected chi connectivity index (χ4v) is 3.15. The molecule has 3 aromatic rings. The molecule has 5 nitrogen and oxygen atoms in total. The first-order valence-corrected chi connectivity index (χ1v) is 9.64. The Morgan fingerprint density at radius 1 is 1.07 bits per heavy atom. The number of rotatable bonds is 10. The van der Waals surface area contributed by atoms with E-state index in [0.29, 0.717) is 19.0 Å². The third-order valence-corrected chi connectivity index (χ3v) is 4.49. The summed E-state index contributed by atoms with van der Waals surface area (Å²) < 4.78 is 7.51. The summed E-state index contributed by atoms with van der Waals surface area (Å²) >= 11 is 0. The quantitative estimate of drug-likeness (QED) is 0.541. The smallest absolute Gasteiger partial charge is 0.226 e. The van der Waals surface area contributed by atoms with E-state index >= 15 is 0 Å². The number of nitrogens with zero attached hydrogens (tertiary/aromatic N) is 2. The van der Waals surface area contributed by atoms with Crippen molar-refractivity contribution in [2.75, 3.05) is 18.5 Å². The van der Waals surface area contributed by atoms with E-state index < -0.39 is 0 Å². The standard InChI is InChI=1S/C22H27N3O2/c1-2-27-17-9-16-25-20-14-7-6-13-19(20)23-22(25)24-21(26)15-8-12-18-10-4-3-5-11-18/h3-7,10-11,13-14H,2,8-9,12,15-17H2,1H3,(H,23,24,26). The number of carbonyl (C=O) groups excluding carboxylic acids is 1. The molecule has 1 heterocycles. The van der Waals surface area contributed by atoms with Gasteiger partial charge in [-0.3, -0.25) is 10.1 Å². The van der Waals surface area contributed by atoms with Gasteiger partial charge in [-0.1, -0.05) is 42.5 Å². The van der Waals surface area contributed by atoms with Gasteiger partial charge in [0.05, 0.1) is 11.0 Å². The van der Waals surface area contributed by atoms with Gasteiger partial charge in [-0.05, 0) is 43.9 Å². The average molecular weight is 365 g/mol. The van der Waals surface area contributed by atoms with Gasteiger partial charge in [-0.25, -0.2) is 4.98 Å². The van der Waals surface area contributed by atoms with Crippen molar-refractivity contribution in [3.8, 4) is 0 Å². The number of hydrogen-bond donors (Lipinski definition) is 1. The first-order chi connectivity index (χ1) is 13.3. The predicted octanol–water partition coefficient (Wildman–Crippen LogP) is 4.42. The molecule has 0 unspecified atom stereocenters. The first kappa shape index (κ1) is 19.1. The maximum absolute atomic E-state index is 12.4. The van der Waals surface area contributed by atoms with Crippen LogP contribution in [0.5, 0.6) is 0 Å². The topological polar surface area (TPSA) is 56.1 Å². The molecule has 0 bridgehead atoms. The molecule has 5 heteroatoms. The zero-order valence-corrected chi connectivity index (χ0v) is 15.9. The molecule has 0 radical (unpaired) electrons. The third-order valence-electron chi connectivity index (χ3n) is 4.49. The Morgan fingerprint density at radius 2 is 1.85 bits per heavy atom. The zero-order valence-electron chi connectivity index (χ0n) is 15.9. The molecule has 0 saturated heterocycles. The summed E-state index contributed by atoms with van der Waals surface area (Å²) in [5.74, 6) is 0.629. The lowest BCUT2D eigenvalue weighted by Gasteiger charge is -2.10. The van der Waals surface area contributed by atoms with Crippen molar-refractivity contribution >= 4 is 22.9 Å². The van der Waals surface area contributed by atoms with Crippen LogP contribution in [0.3, 0.4) is 0 Å². The summed E-state index contributed by atoms with van der Waals surface area (Å²) in [7, 11) is 0. The molecule has 3 rings (SSSR count). The van der Waals surface area contributed by atoms with Crippen LogP contribution in [0.2, 0.25) is 0 Å². The van der Waals surface area contributed by atoms with Gasteiger partial charge in [0, 0.05) is 26.2 Å². The van der Waals surface area contributed by atoms with Crippen molar-refractivity contribution in [3.05, 3.63) is 60.2 Å². The molecule has 0 atom stereocenters. The summed E-state index contributed by atoms with van der Waals surface area (Å²) in [4.78, 5) is 17.0. The Labute approximate surface area is 160 Å². The van der Waals surface area contributed by atoms with E-state index in [4.69, 9.17) is 4.74 Å². The lowest BCUT2D eigenvalue weighted by atomic mass is 10.1. The van der Waals surface area contributed by atoms with E-state index in [2.05, 4.69) is 27.0 Å². The van der Waals surface area contributed by atoms with E-state index in [1.807, 2.05) is 49.4 Å². The molecule has 1 amide bonds. The molecule has 0 aliphatic heterocycles. The number of aromatic nitrogens is 2. The lowest BCUT2D eigenvalue weighted by molar-refractivity contribution is -0.116. The van der Waals surface area contributed by atoms with Crippen LogP contribution in [0.25, 0.3) is 11.0 Å². The minimum absolute atomic E-state index is 0.00676. The number of para-hydroxylation sites is 2. The van der Waals surface area contributed by atoms with Crippen LogP contribution >= 0.6 is 0 Å². The second-order valence-electron chi connectivity index (χ2n) is 6.51. The highest BCUT2D eigenvalue weighted by molar-refractivity contribution is 5.91. The van der Waals surface area contributed by atoms with Gasteiger partial charge in [0.2, 0.25) is 11.9 Å². The number of nitrogens with one attached hydrogen (secondary N) is 1. The predicted molar refractivity (Wildman–Crippen MR) is 109 cm³/mol. The minimum atomic E-state index is 0.00676. The highest BCUT2D eigenvalue weighted by atomic mass is 16.5. The molecule has 142 valence electrons. The van der Waals surface area contributed by atoms with E-state index in [1.165, 1.54) is 5.56 Å². The third kappa shape index (κ3) is 5.41. The SMILES string of the molecule is CCOCCCn1c(NC(=O)CCCc2ccccc2)nc2ccccc21. The van der Waals surface area contributed by atoms with Crippen LogP contribution in [-0.4, -0.2) is 28.7 Å². The Morgan fingerprint density at radius 3 is 2.67 bits per heavy atom. The fourth-order valence-electron chi connectivity index (χ4n) is 3.15. The van der Waals surface area contributed by atoms with Gasteiger partial charge in [0.25, 0.3) is 0 Å². The molecule has 0 fully saturated rings. The van der Waals surface area contributed by atoms with Crippen molar-refractivity contribution in [1.29, 1.82) is 0 Å². The normalized spacial score (nSPS) is 11.0. The molecule has 0 spiro atoms. The van der Waals surface area contributed by atoms with Crippen LogP contribution in [-0.2, 0) is 22.5 Å². The van der Waals surface area contributed by atoms with E-state index in [9.17, 15) is 4.79 Å². The summed E-state index contributed by atoms with van der Waals surface area (Å²) in [6.07, 6.45) is 3.08. The number of amides is 1. The maximum atomic E-state index is 12.4. The van der Waals surface area contributed by atoms with Gasteiger partial charge in [-0.15, -0.1) is 0 Å². The number of imidazole rings is 1. The van der Waals surface area contributed by atoms with E-state index in [1.54, 1.807) is 0 Å². The minimum Gasteiger partial charge on any atom is -0.382 e. The van der Waals surface area contributed by atoms with Gasteiger partial charge in [0.15, 0.2) is 0 Å². The van der Waals surface area contributed by atoms with Crippen LogP contribution in [0.15, 0.2) is 54.6 Å². The number of anilines is 1. The highest BCUT2D eigenvalue weighted by Gasteiger charge is 2.13. The van der Waals surface area contributed by atoms with Gasteiger partial charge in [0.1, 0.15) is 0 Å². The Bertz CT molecular complexity index is 858. The number of hydrogen-bond acceptors (Lipinski definition) is 3. The Kier molecular flexibility index (Phi) is 6.99. The van der Waals surface area contributed by atoms with Crippen molar-refractivity contribution in [1.82, 2.24) is 9.55 Å². The van der Waals surface area contributed by atoms with Crippen LogP contribution < -0.4 is 5.32 Å². The second-order valence-corrected chi connectivity index (χ2v) is 6.51. The molecular formula is C22H27N3O2.